The van der Waals surface area contributed by atoms with E-state index >= 15 is 0 Å². The molecule has 7 nitrogen and oxygen atoms in total. The van der Waals surface area contributed by atoms with Gasteiger partial charge in [-0.2, -0.15) is 0 Å². The van der Waals surface area contributed by atoms with Gasteiger partial charge >= 0.3 is 6.09 Å². The summed E-state index contributed by atoms with van der Waals surface area (Å²) in [4.78, 5) is 13.9. The van der Waals surface area contributed by atoms with Crippen molar-refractivity contribution in [2.24, 2.45) is 0 Å². The fraction of sp³-hybridized carbons (Fsp3) is 0.611. The highest BCUT2D eigenvalue weighted by Gasteiger charge is 2.28. The summed E-state index contributed by atoms with van der Waals surface area (Å²) in [6.45, 7) is 2.18. The highest BCUT2D eigenvalue weighted by Crippen LogP contribution is 2.13. The molecule has 2 heterocycles. The molecule has 0 bridgehead atoms. The lowest BCUT2D eigenvalue weighted by atomic mass is 10.1. The van der Waals surface area contributed by atoms with Gasteiger partial charge in [-0.15, -0.1) is 0 Å². The number of nitrogens with one attached hydrogen (secondary N) is 1. The largest absolute Gasteiger partial charge is 0.445 e. The Balaban J connectivity index is 1.42. The number of amides is 1. The Morgan fingerprint density at radius 2 is 2.12 bits per heavy atom. The molecule has 144 valence electrons. The van der Waals surface area contributed by atoms with E-state index in [0.29, 0.717) is 32.7 Å². The molecule has 0 aliphatic carbocycles. The van der Waals surface area contributed by atoms with Crippen LogP contribution in [0.3, 0.4) is 0 Å². The van der Waals surface area contributed by atoms with E-state index < -0.39 is 9.84 Å². The van der Waals surface area contributed by atoms with Gasteiger partial charge in [-0.1, -0.05) is 30.3 Å². The van der Waals surface area contributed by atoms with E-state index in [0.717, 1.165) is 12.0 Å². The predicted molar refractivity (Wildman–Crippen MR) is 97.6 cm³/mol. The van der Waals surface area contributed by atoms with E-state index in [2.05, 4.69) is 5.32 Å². The summed E-state index contributed by atoms with van der Waals surface area (Å²) in [7, 11) is -2.93. The van der Waals surface area contributed by atoms with Gasteiger partial charge in [-0.05, 0) is 18.4 Å². The Kier molecular flexibility index (Phi) is 6.50. The Bertz CT molecular complexity index is 695. The summed E-state index contributed by atoms with van der Waals surface area (Å²) >= 11 is 0. The summed E-state index contributed by atoms with van der Waals surface area (Å²) in [5.41, 5.74) is 0.950. The highest BCUT2D eigenvalue weighted by atomic mass is 32.2. The van der Waals surface area contributed by atoms with Crippen molar-refractivity contribution < 1.29 is 22.7 Å². The number of sulfone groups is 1. The van der Waals surface area contributed by atoms with Crippen LogP contribution in [0.5, 0.6) is 0 Å². The molecular formula is C18H26N2O5S. The van der Waals surface area contributed by atoms with Crippen molar-refractivity contribution in [3.63, 3.8) is 0 Å². The van der Waals surface area contributed by atoms with Crippen LogP contribution in [-0.4, -0.2) is 69.3 Å². The quantitative estimate of drug-likeness (QED) is 0.823. The van der Waals surface area contributed by atoms with Gasteiger partial charge in [-0.25, -0.2) is 13.2 Å². The Morgan fingerprint density at radius 3 is 2.88 bits per heavy atom. The fourth-order valence-electron chi connectivity index (χ4n) is 3.30. The van der Waals surface area contributed by atoms with Gasteiger partial charge in [0.15, 0.2) is 9.84 Å². The first-order valence-corrected chi connectivity index (χ1v) is 10.8. The maximum Gasteiger partial charge on any atom is 0.410 e. The number of carbonyl (C=O) groups is 1. The van der Waals surface area contributed by atoms with E-state index in [1.54, 1.807) is 4.90 Å². The normalized spacial score (nSPS) is 25.6. The van der Waals surface area contributed by atoms with Crippen molar-refractivity contribution in [2.45, 2.75) is 31.6 Å². The number of rotatable bonds is 5. The van der Waals surface area contributed by atoms with E-state index in [1.807, 2.05) is 30.3 Å². The number of hydrogen-bond donors (Lipinski definition) is 1. The molecule has 8 heteroatoms. The zero-order chi connectivity index (χ0) is 18.4. The van der Waals surface area contributed by atoms with Crippen molar-refractivity contribution >= 4 is 15.9 Å². The molecule has 2 aliphatic rings. The number of ether oxygens (including phenoxy) is 2. The summed E-state index contributed by atoms with van der Waals surface area (Å²) in [6.07, 6.45) is 1.05. The number of morpholine rings is 1. The van der Waals surface area contributed by atoms with Gasteiger partial charge in [0.2, 0.25) is 0 Å². The summed E-state index contributed by atoms with van der Waals surface area (Å²) in [6, 6.07) is 9.53. The standard InChI is InChI=1S/C18H26N2O5S/c21-18(25-13-15-5-2-1-3-6-15)20-8-9-24-17(12-20)11-19-16-7-4-10-26(22,23)14-16/h1-3,5-6,16-17,19H,4,7-14H2. The molecule has 0 radical (unpaired) electrons. The summed E-state index contributed by atoms with van der Waals surface area (Å²) < 4.78 is 34.5. The van der Waals surface area contributed by atoms with Gasteiger partial charge in [0, 0.05) is 19.1 Å². The van der Waals surface area contributed by atoms with E-state index in [9.17, 15) is 13.2 Å². The van der Waals surface area contributed by atoms with E-state index in [-0.39, 0.29) is 36.4 Å². The maximum absolute atomic E-state index is 12.3. The monoisotopic (exact) mass is 382 g/mol. The number of carbonyl (C=O) groups excluding carboxylic acids is 1. The Labute approximate surface area is 154 Å². The number of hydrogen-bond acceptors (Lipinski definition) is 6. The first-order chi connectivity index (χ1) is 12.5. The molecule has 1 aromatic carbocycles. The molecule has 0 spiro atoms. The number of nitrogens with zero attached hydrogens (tertiary/aromatic N) is 1. The van der Waals surface area contributed by atoms with Gasteiger partial charge in [0.25, 0.3) is 0 Å². The van der Waals surface area contributed by atoms with Crippen LogP contribution in [0.25, 0.3) is 0 Å². The van der Waals surface area contributed by atoms with Crippen LogP contribution in [0.1, 0.15) is 18.4 Å². The fourth-order valence-corrected chi connectivity index (χ4v) is 4.97. The third-order valence-electron chi connectivity index (χ3n) is 4.70. The van der Waals surface area contributed by atoms with Crippen LogP contribution in [0, 0.1) is 0 Å². The zero-order valence-corrected chi connectivity index (χ0v) is 15.6. The minimum absolute atomic E-state index is 0.0299. The summed E-state index contributed by atoms with van der Waals surface area (Å²) in [5.74, 6) is 0.467. The molecule has 2 atom stereocenters. The van der Waals surface area contributed by atoms with Gasteiger partial charge in [-0.3, -0.25) is 0 Å². The molecule has 2 unspecified atom stereocenters. The van der Waals surface area contributed by atoms with Gasteiger partial charge < -0.3 is 19.7 Å². The third-order valence-corrected chi connectivity index (χ3v) is 6.52. The Morgan fingerprint density at radius 1 is 1.31 bits per heavy atom. The molecular weight excluding hydrogens is 356 g/mol. The summed E-state index contributed by atoms with van der Waals surface area (Å²) in [5, 5.41) is 3.28. The minimum atomic E-state index is -2.93. The van der Waals surface area contributed by atoms with E-state index in [1.165, 1.54) is 0 Å². The first-order valence-electron chi connectivity index (χ1n) is 9.03. The third kappa shape index (κ3) is 5.69. The van der Waals surface area contributed by atoms with Crippen molar-refractivity contribution in [2.75, 3.05) is 37.7 Å². The van der Waals surface area contributed by atoms with Crippen LogP contribution in [0.15, 0.2) is 30.3 Å². The maximum atomic E-state index is 12.3. The predicted octanol–water partition coefficient (Wildman–Crippen LogP) is 1.19. The average Bonchev–Trinajstić information content (AvgIpc) is 2.65. The molecule has 1 N–H and O–H groups in total. The van der Waals surface area contributed by atoms with Crippen molar-refractivity contribution in [3.05, 3.63) is 35.9 Å². The van der Waals surface area contributed by atoms with Crippen molar-refractivity contribution in [1.29, 1.82) is 0 Å². The zero-order valence-electron chi connectivity index (χ0n) is 14.8. The van der Waals surface area contributed by atoms with E-state index in [4.69, 9.17) is 9.47 Å². The topological polar surface area (TPSA) is 84.9 Å². The molecule has 0 aromatic heterocycles. The lowest BCUT2D eigenvalue weighted by Gasteiger charge is -2.33. The van der Waals surface area contributed by atoms with Crippen LogP contribution in [0.2, 0.25) is 0 Å². The molecule has 26 heavy (non-hydrogen) atoms. The smallest absolute Gasteiger partial charge is 0.410 e. The molecule has 2 fully saturated rings. The SMILES string of the molecule is O=C(OCc1ccccc1)N1CCOC(CNC2CCCS(=O)(=O)C2)C1. The Hall–Kier alpha value is -1.64. The van der Waals surface area contributed by atoms with Gasteiger partial charge in [0.1, 0.15) is 6.61 Å². The number of benzene rings is 1. The van der Waals surface area contributed by atoms with Crippen LogP contribution in [-0.2, 0) is 25.9 Å². The second kappa shape index (κ2) is 8.83. The second-order valence-electron chi connectivity index (χ2n) is 6.84. The molecule has 2 saturated heterocycles. The molecule has 1 aromatic rings. The molecule has 1 amide bonds. The van der Waals surface area contributed by atoms with Crippen molar-refractivity contribution in [1.82, 2.24) is 10.2 Å². The highest BCUT2D eigenvalue weighted by molar-refractivity contribution is 7.91. The minimum Gasteiger partial charge on any atom is -0.445 e. The first kappa shape index (κ1) is 19.1. The second-order valence-corrected chi connectivity index (χ2v) is 9.07. The van der Waals surface area contributed by atoms with Crippen LogP contribution < -0.4 is 5.32 Å². The lowest BCUT2D eigenvalue weighted by Crippen LogP contribution is -2.51. The lowest BCUT2D eigenvalue weighted by molar-refractivity contribution is -0.0278. The van der Waals surface area contributed by atoms with Gasteiger partial charge in [0.05, 0.1) is 30.8 Å². The molecule has 3 rings (SSSR count). The molecule has 0 saturated carbocycles. The van der Waals surface area contributed by atoms with Crippen molar-refractivity contribution in [3.8, 4) is 0 Å². The van der Waals surface area contributed by atoms with Crippen LogP contribution >= 0.6 is 0 Å². The molecule has 2 aliphatic heterocycles. The average molecular weight is 382 g/mol. The van der Waals surface area contributed by atoms with Crippen LogP contribution in [0.4, 0.5) is 4.79 Å².